The summed E-state index contributed by atoms with van der Waals surface area (Å²) < 4.78 is 0. The van der Waals surface area contributed by atoms with Crippen molar-refractivity contribution in [1.29, 1.82) is 0 Å². The molecule has 3 unspecified atom stereocenters. The predicted octanol–water partition coefficient (Wildman–Crippen LogP) is 1.08. The Bertz CT molecular complexity index is 193. The minimum Gasteiger partial charge on any atom is -0.393 e. The second kappa shape index (κ2) is 9.48. The van der Waals surface area contributed by atoms with Crippen LogP contribution in [0.15, 0.2) is 0 Å². The number of aliphatic hydroxyl groups excluding tert-OH is 2. The van der Waals surface area contributed by atoms with Crippen LogP contribution in [0.4, 0.5) is 0 Å². The molecule has 0 amide bonds. The van der Waals surface area contributed by atoms with Crippen molar-refractivity contribution < 1.29 is 19.8 Å². The minimum atomic E-state index is -0.917. The van der Waals surface area contributed by atoms with Crippen molar-refractivity contribution in [1.82, 2.24) is 0 Å². The number of carbonyl (C=O) groups excluding carboxylic acids is 2. The van der Waals surface area contributed by atoms with Crippen molar-refractivity contribution in [2.24, 2.45) is 5.92 Å². The van der Waals surface area contributed by atoms with E-state index in [2.05, 4.69) is 6.92 Å². The zero-order chi connectivity index (χ0) is 12.4. The van der Waals surface area contributed by atoms with Crippen LogP contribution >= 0.6 is 0 Å². The summed E-state index contributed by atoms with van der Waals surface area (Å²) in [5, 5.41) is 19.2. The molecule has 0 aromatic carbocycles. The smallest absolute Gasteiger partial charge is 0.126 e. The van der Waals surface area contributed by atoms with Crippen molar-refractivity contribution in [3.05, 3.63) is 0 Å². The first kappa shape index (κ1) is 15.3. The SMILES string of the molecule is CCCCCC(O)CC(O)C(C=O)CC=O. The van der Waals surface area contributed by atoms with Crippen LogP contribution in [0.2, 0.25) is 0 Å². The highest BCUT2D eigenvalue weighted by molar-refractivity contribution is 5.62. The quantitative estimate of drug-likeness (QED) is 0.435. The highest BCUT2D eigenvalue weighted by Crippen LogP contribution is 2.14. The molecule has 0 fully saturated rings. The lowest BCUT2D eigenvalue weighted by Crippen LogP contribution is -2.27. The maximum absolute atomic E-state index is 10.6. The Labute approximate surface area is 96.7 Å². The van der Waals surface area contributed by atoms with Gasteiger partial charge in [-0.15, -0.1) is 0 Å². The third kappa shape index (κ3) is 6.69. The zero-order valence-electron chi connectivity index (χ0n) is 9.84. The standard InChI is InChI=1S/C12H22O4/c1-2-3-4-5-11(15)8-12(16)10(9-14)6-7-13/h7,9-12,15-16H,2-6,8H2,1H3. The molecule has 0 aliphatic carbocycles. The fourth-order valence-electron chi connectivity index (χ4n) is 1.62. The van der Waals surface area contributed by atoms with Crippen LogP contribution in [-0.4, -0.2) is 35.0 Å². The molecule has 2 N–H and O–H groups in total. The van der Waals surface area contributed by atoms with Gasteiger partial charge in [0.15, 0.2) is 0 Å². The fraction of sp³-hybridized carbons (Fsp3) is 0.833. The van der Waals surface area contributed by atoms with Gasteiger partial charge in [-0.05, 0) is 12.8 Å². The Morgan fingerprint density at radius 2 is 1.88 bits per heavy atom. The molecule has 16 heavy (non-hydrogen) atoms. The lowest BCUT2D eigenvalue weighted by atomic mass is 9.94. The average molecular weight is 230 g/mol. The molecular formula is C12H22O4. The van der Waals surface area contributed by atoms with Crippen molar-refractivity contribution in [2.75, 3.05) is 0 Å². The largest absolute Gasteiger partial charge is 0.393 e. The van der Waals surface area contributed by atoms with Crippen molar-refractivity contribution >= 4 is 12.6 Å². The van der Waals surface area contributed by atoms with E-state index in [1.165, 1.54) is 0 Å². The summed E-state index contributed by atoms with van der Waals surface area (Å²) in [6, 6.07) is 0. The first-order valence-electron chi connectivity index (χ1n) is 5.90. The molecule has 0 saturated heterocycles. The molecule has 0 saturated carbocycles. The van der Waals surface area contributed by atoms with E-state index in [4.69, 9.17) is 0 Å². The van der Waals surface area contributed by atoms with Crippen molar-refractivity contribution in [3.63, 3.8) is 0 Å². The molecule has 0 bridgehead atoms. The van der Waals surface area contributed by atoms with Gasteiger partial charge in [0.25, 0.3) is 0 Å². The van der Waals surface area contributed by atoms with Gasteiger partial charge in [-0.1, -0.05) is 26.2 Å². The molecule has 94 valence electrons. The summed E-state index contributed by atoms with van der Waals surface area (Å²) in [6.45, 7) is 2.08. The van der Waals surface area contributed by atoms with Gasteiger partial charge in [-0.25, -0.2) is 0 Å². The molecule has 4 nitrogen and oxygen atoms in total. The third-order valence-corrected chi connectivity index (χ3v) is 2.69. The summed E-state index contributed by atoms with van der Waals surface area (Å²) in [4.78, 5) is 20.8. The van der Waals surface area contributed by atoms with E-state index in [1.807, 2.05) is 0 Å². The van der Waals surface area contributed by atoms with Gasteiger partial charge in [-0.3, -0.25) is 0 Å². The number of carbonyl (C=O) groups is 2. The molecule has 3 atom stereocenters. The number of unbranched alkanes of at least 4 members (excludes halogenated alkanes) is 2. The summed E-state index contributed by atoms with van der Waals surface area (Å²) in [5.74, 6) is -0.682. The maximum atomic E-state index is 10.6. The lowest BCUT2D eigenvalue weighted by Gasteiger charge is -2.19. The Morgan fingerprint density at radius 3 is 2.38 bits per heavy atom. The number of aliphatic hydroxyl groups is 2. The molecule has 0 radical (unpaired) electrons. The Morgan fingerprint density at radius 1 is 1.19 bits per heavy atom. The van der Waals surface area contributed by atoms with E-state index < -0.39 is 18.1 Å². The second-order valence-corrected chi connectivity index (χ2v) is 4.15. The number of aldehydes is 2. The number of hydrogen-bond acceptors (Lipinski definition) is 4. The normalized spacial score (nSPS) is 16.4. The highest BCUT2D eigenvalue weighted by Gasteiger charge is 2.21. The van der Waals surface area contributed by atoms with E-state index >= 15 is 0 Å². The minimum absolute atomic E-state index is 0.0202. The van der Waals surface area contributed by atoms with E-state index in [1.54, 1.807) is 0 Å². The lowest BCUT2D eigenvalue weighted by molar-refractivity contribution is -0.119. The molecule has 0 aromatic heterocycles. The van der Waals surface area contributed by atoms with E-state index in [9.17, 15) is 19.8 Å². The molecular weight excluding hydrogens is 208 g/mol. The first-order chi connectivity index (χ1) is 7.65. The average Bonchev–Trinajstić information content (AvgIpc) is 2.26. The fourth-order valence-corrected chi connectivity index (χ4v) is 1.62. The molecule has 0 heterocycles. The van der Waals surface area contributed by atoms with Crippen LogP contribution in [0.3, 0.4) is 0 Å². The van der Waals surface area contributed by atoms with Crippen LogP contribution in [-0.2, 0) is 9.59 Å². The summed E-state index contributed by atoms with van der Waals surface area (Å²) in [6.07, 6.45) is 3.57. The summed E-state index contributed by atoms with van der Waals surface area (Å²) in [5.41, 5.74) is 0. The van der Waals surface area contributed by atoms with Crippen LogP contribution in [0.5, 0.6) is 0 Å². The second-order valence-electron chi connectivity index (χ2n) is 4.15. The maximum Gasteiger partial charge on any atom is 0.126 e. The topological polar surface area (TPSA) is 74.6 Å². The van der Waals surface area contributed by atoms with Gasteiger partial charge in [0.05, 0.1) is 12.2 Å². The molecule has 0 rings (SSSR count). The number of rotatable bonds is 10. The van der Waals surface area contributed by atoms with Gasteiger partial charge >= 0.3 is 0 Å². The van der Waals surface area contributed by atoms with Gasteiger partial charge in [0.2, 0.25) is 0 Å². The highest BCUT2D eigenvalue weighted by atomic mass is 16.3. The Balaban J connectivity index is 3.85. The molecule has 0 spiro atoms. The zero-order valence-corrected chi connectivity index (χ0v) is 9.84. The van der Waals surface area contributed by atoms with Crippen molar-refractivity contribution in [3.8, 4) is 0 Å². The van der Waals surface area contributed by atoms with Crippen LogP contribution in [0, 0.1) is 5.92 Å². The molecule has 4 heteroatoms. The van der Waals surface area contributed by atoms with E-state index in [0.717, 1.165) is 19.3 Å². The van der Waals surface area contributed by atoms with Crippen LogP contribution in [0.25, 0.3) is 0 Å². The van der Waals surface area contributed by atoms with Gasteiger partial charge in [-0.2, -0.15) is 0 Å². The Hall–Kier alpha value is -0.740. The summed E-state index contributed by atoms with van der Waals surface area (Å²) >= 11 is 0. The first-order valence-corrected chi connectivity index (χ1v) is 5.90. The predicted molar refractivity (Wildman–Crippen MR) is 61.0 cm³/mol. The van der Waals surface area contributed by atoms with Gasteiger partial charge in [0, 0.05) is 12.3 Å². The molecule has 0 aliphatic rings. The van der Waals surface area contributed by atoms with Gasteiger partial charge < -0.3 is 19.8 Å². The van der Waals surface area contributed by atoms with Gasteiger partial charge in [0.1, 0.15) is 12.6 Å². The van der Waals surface area contributed by atoms with E-state index in [0.29, 0.717) is 19.0 Å². The van der Waals surface area contributed by atoms with E-state index in [-0.39, 0.29) is 12.8 Å². The monoisotopic (exact) mass is 230 g/mol. The van der Waals surface area contributed by atoms with Crippen molar-refractivity contribution in [2.45, 2.75) is 57.7 Å². The van der Waals surface area contributed by atoms with Crippen LogP contribution in [0.1, 0.15) is 45.4 Å². The number of hydrogen-bond donors (Lipinski definition) is 2. The molecule has 0 aromatic rings. The molecule has 0 aliphatic heterocycles. The van der Waals surface area contributed by atoms with Crippen LogP contribution < -0.4 is 0 Å². The third-order valence-electron chi connectivity index (χ3n) is 2.69. The Kier molecular flexibility index (Phi) is 9.04. The summed E-state index contributed by atoms with van der Waals surface area (Å²) in [7, 11) is 0.